The molecule has 0 bridgehead atoms. The molecule has 6 heteroatoms. The topological polar surface area (TPSA) is 66.8 Å². The van der Waals surface area contributed by atoms with Gasteiger partial charge in [0.1, 0.15) is 0 Å². The third-order valence-electron chi connectivity index (χ3n) is 3.43. The van der Waals surface area contributed by atoms with Gasteiger partial charge in [-0.1, -0.05) is 0 Å². The summed E-state index contributed by atoms with van der Waals surface area (Å²) in [5, 5.41) is 10.5. The molecule has 0 spiro atoms. The Kier molecular flexibility index (Phi) is 5.52. The Labute approximate surface area is 127 Å². The largest absolute Gasteiger partial charge is 0.478 e. The SMILES string of the molecule is CN(Cc1cc(C=CC(=O)O)cs1)C(=O)C1CCOCC1. The Morgan fingerprint density at radius 1 is 1.48 bits per heavy atom. The van der Waals surface area contributed by atoms with Crippen molar-refractivity contribution in [1.82, 2.24) is 4.90 Å². The molecule has 0 aromatic carbocycles. The van der Waals surface area contributed by atoms with Crippen LogP contribution >= 0.6 is 11.3 Å². The normalized spacial score (nSPS) is 16.2. The van der Waals surface area contributed by atoms with E-state index in [1.54, 1.807) is 11.0 Å². The van der Waals surface area contributed by atoms with Gasteiger partial charge in [-0.2, -0.15) is 0 Å². The number of thiophene rings is 1. The zero-order valence-corrected chi connectivity index (χ0v) is 12.8. The first kappa shape index (κ1) is 15.7. The number of carboxylic acids is 1. The lowest BCUT2D eigenvalue weighted by Crippen LogP contribution is -2.35. The van der Waals surface area contributed by atoms with E-state index in [4.69, 9.17) is 9.84 Å². The average Bonchev–Trinajstić information content (AvgIpc) is 2.92. The molecule has 1 N–H and O–H groups in total. The van der Waals surface area contributed by atoms with Gasteiger partial charge in [0.05, 0.1) is 6.54 Å². The zero-order valence-electron chi connectivity index (χ0n) is 11.9. The summed E-state index contributed by atoms with van der Waals surface area (Å²) >= 11 is 1.53. The Hall–Kier alpha value is -1.66. The summed E-state index contributed by atoms with van der Waals surface area (Å²) in [4.78, 5) is 25.6. The highest BCUT2D eigenvalue weighted by molar-refractivity contribution is 7.10. The van der Waals surface area contributed by atoms with Crippen LogP contribution in [0, 0.1) is 5.92 Å². The van der Waals surface area contributed by atoms with Crippen LogP contribution in [0.5, 0.6) is 0 Å². The molecule has 21 heavy (non-hydrogen) atoms. The fraction of sp³-hybridized carbons (Fsp3) is 0.467. The molecule has 1 aromatic heterocycles. The number of hydrogen-bond acceptors (Lipinski definition) is 4. The fourth-order valence-electron chi connectivity index (χ4n) is 2.30. The predicted octanol–water partition coefficient (Wildman–Crippen LogP) is 2.23. The number of carbonyl (C=O) groups excluding carboxylic acids is 1. The number of nitrogens with zero attached hydrogens (tertiary/aromatic N) is 1. The van der Waals surface area contributed by atoms with Crippen LogP contribution in [0.15, 0.2) is 17.5 Å². The number of carbonyl (C=O) groups is 2. The van der Waals surface area contributed by atoms with Gasteiger partial charge in [-0.3, -0.25) is 4.79 Å². The number of amides is 1. The summed E-state index contributed by atoms with van der Waals surface area (Å²) in [6, 6.07) is 1.91. The van der Waals surface area contributed by atoms with Gasteiger partial charge in [0.15, 0.2) is 0 Å². The van der Waals surface area contributed by atoms with Gasteiger partial charge in [-0.15, -0.1) is 11.3 Å². The number of rotatable bonds is 5. The van der Waals surface area contributed by atoms with E-state index < -0.39 is 5.97 Å². The van der Waals surface area contributed by atoms with Crippen molar-refractivity contribution in [3.8, 4) is 0 Å². The number of ether oxygens (including phenoxy) is 1. The minimum atomic E-state index is -0.963. The lowest BCUT2D eigenvalue weighted by Gasteiger charge is -2.26. The second-order valence-corrected chi connectivity index (χ2v) is 6.09. The van der Waals surface area contributed by atoms with E-state index in [0.29, 0.717) is 19.8 Å². The summed E-state index contributed by atoms with van der Waals surface area (Å²) in [7, 11) is 1.81. The third kappa shape index (κ3) is 4.68. The van der Waals surface area contributed by atoms with Crippen molar-refractivity contribution in [3.05, 3.63) is 28.0 Å². The Morgan fingerprint density at radius 2 is 2.19 bits per heavy atom. The summed E-state index contributed by atoms with van der Waals surface area (Å²) in [6.45, 7) is 1.88. The summed E-state index contributed by atoms with van der Waals surface area (Å²) < 4.78 is 5.27. The summed E-state index contributed by atoms with van der Waals surface area (Å²) in [5.74, 6) is -0.737. The van der Waals surface area contributed by atoms with Crippen LogP contribution in [0.1, 0.15) is 23.3 Å². The zero-order chi connectivity index (χ0) is 15.2. The smallest absolute Gasteiger partial charge is 0.328 e. The maximum Gasteiger partial charge on any atom is 0.328 e. The number of carboxylic acid groups (broad SMARTS) is 1. The molecule has 0 unspecified atom stereocenters. The second-order valence-electron chi connectivity index (χ2n) is 5.10. The molecule has 2 heterocycles. The highest BCUT2D eigenvalue weighted by atomic mass is 32.1. The van der Waals surface area contributed by atoms with Crippen molar-refractivity contribution in [3.63, 3.8) is 0 Å². The molecule has 0 aliphatic carbocycles. The monoisotopic (exact) mass is 309 g/mol. The molecular weight excluding hydrogens is 290 g/mol. The second kappa shape index (κ2) is 7.38. The van der Waals surface area contributed by atoms with Crippen molar-refractivity contribution in [2.45, 2.75) is 19.4 Å². The van der Waals surface area contributed by atoms with E-state index in [-0.39, 0.29) is 11.8 Å². The van der Waals surface area contributed by atoms with Crippen LogP contribution in [0.2, 0.25) is 0 Å². The van der Waals surface area contributed by atoms with Crippen LogP contribution in [0.25, 0.3) is 6.08 Å². The van der Waals surface area contributed by atoms with Crippen LogP contribution in [-0.2, 0) is 20.9 Å². The first-order valence-electron chi connectivity index (χ1n) is 6.87. The van der Waals surface area contributed by atoms with Crippen molar-refractivity contribution in [1.29, 1.82) is 0 Å². The van der Waals surface area contributed by atoms with E-state index in [1.165, 1.54) is 11.3 Å². The van der Waals surface area contributed by atoms with Crippen molar-refractivity contribution >= 4 is 29.3 Å². The quantitative estimate of drug-likeness (QED) is 0.847. The Morgan fingerprint density at radius 3 is 2.86 bits per heavy atom. The minimum absolute atomic E-state index is 0.0649. The first-order valence-corrected chi connectivity index (χ1v) is 7.75. The van der Waals surface area contributed by atoms with Gasteiger partial charge in [0.25, 0.3) is 0 Å². The lowest BCUT2D eigenvalue weighted by molar-refractivity contribution is -0.137. The summed E-state index contributed by atoms with van der Waals surface area (Å²) in [6.07, 6.45) is 4.26. The molecule has 2 rings (SSSR count). The van der Waals surface area contributed by atoms with Gasteiger partial charge in [0, 0.05) is 37.1 Å². The molecule has 1 fully saturated rings. The van der Waals surface area contributed by atoms with Gasteiger partial charge in [0.2, 0.25) is 5.91 Å². The molecule has 1 amide bonds. The van der Waals surface area contributed by atoms with E-state index >= 15 is 0 Å². The maximum absolute atomic E-state index is 12.3. The molecule has 0 atom stereocenters. The van der Waals surface area contributed by atoms with E-state index in [1.807, 2.05) is 18.5 Å². The number of hydrogen-bond donors (Lipinski definition) is 1. The molecule has 1 aromatic rings. The Bertz CT molecular complexity index is 532. The van der Waals surface area contributed by atoms with Gasteiger partial charge >= 0.3 is 5.97 Å². The molecular formula is C15H19NO4S. The van der Waals surface area contributed by atoms with Crippen LogP contribution in [0.3, 0.4) is 0 Å². The Balaban J connectivity index is 1.91. The lowest BCUT2D eigenvalue weighted by atomic mass is 9.99. The number of aliphatic carboxylic acids is 1. The molecule has 0 radical (unpaired) electrons. The molecule has 114 valence electrons. The predicted molar refractivity (Wildman–Crippen MR) is 81.0 cm³/mol. The molecule has 0 saturated carbocycles. The average molecular weight is 309 g/mol. The van der Waals surface area contributed by atoms with Gasteiger partial charge in [-0.25, -0.2) is 4.79 Å². The maximum atomic E-state index is 12.3. The highest BCUT2D eigenvalue weighted by Crippen LogP contribution is 2.21. The fourth-order valence-corrected chi connectivity index (χ4v) is 3.21. The van der Waals surface area contributed by atoms with Crippen molar-refractivity contribution in [2.24, 2.45) is 5.92 Å². The standard InChI is InChI=1S/C15H19NO4S/c1-16(15(19)12-4-6-20-7-5-12)9-13-8-11(10-21-13)2-3-14(17)18/h2-3,8,10,12H,4-7,9H2,1H3,(H,17,18). The van der Waals surface area contributed by atoms with Crippen molar-refractivity contribution in [2.75, 3.05) is 20.3 Å². The minimum Gasteiger partial charge on any atom is -0.478 e. The van der Waals surface area contributed by atoms with Crippen LogP contribution < -0.4 is 0 Å². The van der Waals surface area contributed by atoms with E-state index in [9.17, 15) is 9.59 Å². The third-order valence-corrected chi connectivity index (χ3v) is 4.37. The van der Waals surface area contributed by atoms with Crippen LogP contribution in [-0.4, -0.2) is 42.1 Å². The van der Waals surface area contributed by atoms with Gasteiger partial charge < -0.3 is 14.7 Å². The van der Waals surface area contributed by atoms with Gasteiger partial charge in [-0.05, 0) is 35.9 Å². The van der Waals surface area contributed by atoms with Crippen LogP contribution in [0.4, 0.5) is 0 Å². The molecule has 5 nitrogen and oxygen atoms in total. The van der Waals surface area contributed by atoms with E-state index in [0.717, 1.165) is 29.4 Å². The summed E-state index contributed by atoms with van der Waals surface area (Å²) in [5.41, 5.74) is 0.851. The molecule has 1 aliphatic heterocycles. The molecule has 1 saturated heterocycles. The van der Waals surface area contributed by atoms with E-state index in [2.05, 4.69) is 0 Å². The highest BCUT2D eigenvalue weighted by Gasteiger charge is 2.24. The van der Waals surface area contributed by atoms with Crippen molar-refractivity contribution < 1.29 is 19.4 Å². The first-order chi connectivity index (χ1) is 10.1. The molecule has 1 aliphatic rings.